The number of carboxylic acid groups (broad SMARTS) is 1. The lowest BCUT2D eigenvalue weighted by Gasteiger charge is -2.33. The molecular formula is C21H30ClN3O4. The van der Waals surface area contributed by atoms with E-state index < -0.39 is 23.3 Å². The van der Waals surface area contributed by atoms with Gasteiger partial charge in [0.1, 0.15) is 5.60 Å². The van der Waals surface area contributed by atoms with Gasteiger partial charge in [0.05, 0.1) is 16.2 Å². The molecule has 2 aromatic rings. The highest BCUT2D eigenvalue weighted by Gasteiger charge is 2.30. The van der Waals surface area contributed by atoms with Gasteiger partial charge < -0.3 is 19.7 Å². The van der Waals surface area contributed by atoms with Crippen LogP contribution in [0.5, 0.6) is 0 Å². The zero-order chi connectivity index (χ0) is 22.0. The molecule has 0 aliphatic heterocycles. The Morgan fingerprint density at radius 2 is 1.86 bits per heavy atom. The number of ether oxygens (including phenoxy) is 1. The molecule has 0 saturated carbocycles. The van der Waals surface area contributed by atoms with Crippen LogP contribution < -0.4 is 10.2 Å². The maximum absolute atomic E-state index is 11.9. The Hall–Kier alpha value is -2.41. The molecule has 160 valence electrons. The minimum atomic E-state index is -1.03. The Kier molecular flexibility index (Phi) is 6.73. The summed E-state index contributed by atoms with van der Waals surface area (Å²) in [7, 11) is 0. The number of anilines is 1. The fraction of sp³-hybridized carbons (Fsp3) is 0.524. The molecule has 0 fully saturated rings. The number of carbonyl (C=O) groups excluding carboxylic acids is 1. The van der Waals surface area contributed by atoms with Crippen molar-refractivity contribution in [2.45, 2.75) is 65.6 Å². The average molecular weight is 424 g/mol. The van der Waals surface area contributed by atoms with Gasteiger partial charge in [0.25, 0.3) is 0 Å². The molecule has 0 atom stereocenters. The molecule has 2 N–H and O–H groups in total. The van der Waals surface area contributed by atoms with Gasteiger partial charge in [-0.25, -0.2) is 9.59 Å². The number of aromatic nitrogens is 1. The molecule has 0 radical (unpaired) electrons. The molecule has 1 heterocycles. The quantitative estimate of drug-likeness (QED) is 0.622. The van der Waals surface area contributed by atoms with Crippen LogP contribution in [0.4, 0.5) is 15.3 Å². The third-order valence-electron chi connectivity index (χ3n) is 4.18. The molecule has 1 aromatic carbocycles. The van der Waals surface area contributed by atoms with E-state index in [2.05, 4.69) is 5.32 Å². The van der Waals surface area contributed by atoms with Crippen molar-refractivity contribution in [2.75, 3.05) is 11.4 Å². The summed E-state index contributed by atoms with van der Waals surface area (Å²) in [4.78, 5) is 25.0. The number of alkyl carbamates (subject to hydrolysis) is 1. The Balaban J connectivity index is 2.19. The fourth-order valence-corrected chi connectivity index (χ4v) is 3.47. The number of carbonyl (C=O) groups is 2. The van der Waals surface area contributed by atoms with Crippen LogP contribution in [0.25, 0.3) is 10.9 Å². The molecule has 7 nitrogen and oxygen atoms in total. The molecule has 1 aromatic heterocycles. The van der Waals surface area contributed by atoms with E-state index in [1.807, 2.05) is 58.2 Å². The Labute approximate surface area is 176 Å². The number of nitrogens with one attached hydrogen (secondary N) is 1. The number of hydrogen-bond acceptors (Lipinski definition) is 3. The second-order valence-corrected chi connectivity index (χ2v) is 9.32. The highest BCUT2D eigenvalue weighted by atomic mass is 35.5. The number of aryl methyl sites for hydroxylation is 1. The molecule has 0 aliphatic carbocycles. The van der Waals surface area contributed by atoms with E-state index in [1.54, 1.807) is 12.3 Å². The van der Waals surface area contributed by atoms with E-state index in [1.165, 1.54) is 4.90 Å². The van der Waals surface area contributed by atoms with Crippen LogP contribution in [0.2, 0.25) is 5.02 Å². The van der Waals surface area contributed by atoms with Crippen molar-refractivity contribution in [3.63, 3.8) is 0 Å². The van der Waals surface area contributed by atoms with Gasteiger partial charge in [-0.2, -0.15) is 0 Å². The van der Waals surface area contributed by atoms with E-state index in [4.69, 9.17) is 16.3 Å². The maximum Gasteiger partial charge on any atom is 0.412 e. The number of nitrogens with zero attached hydrogens (tertiary/aromatic N) is 2. The van der Waals surface area contributed by atoms with Crippen molar-refractivity contribution in [3.05, 3.63) is 29.4 Å². The fourth-order valence-electron chi connectivity index (χ4n) is 3.16. The number of benzene rings is 1. The number of amides is 2. The van der Waals surface area contributed by atoms with Gasteiger partial charge in [0.2, 0.25) is 0 Å². The molecule has 2 rings (SSSR count). The summed E-state index contributed by atoms with van der Waals surface area (Å²) in [5.41, 5.74) is 0.245. The Morgan fingerprint density at radius 3 is 2.41 bits per heavy atom. The molecule has 2 amide bonds. The van der Waals surface area contributed by atoms with Gasteiger partial charge in [-0.05, 0) is 60.1 Å². The van der Waals surface area contributed by atoms with Crippen molar-refractivity contribution >= 4 is 40.4 Å². The van der Waals surface area contributed by atoms with Crippen molar-refractivity contribution < 1.29 is 19.4 Å². The minimum absolute atomic E-state index is 0.447. The van der Waals surface area contributed by atoms with E-state index in [0.717, 1.165) is 5.52 Å². The van der Waals surface area contributed by atoms with Gasteiger partial charge >= 0.3 is 12.2 Å². The van der Waals surface area contributed by atoms with Gasteiger partial charge in [0.15, 0.2) is 0 Å². The first-order chi connectivity index (χ1) is 13.3. The summed E-state index contributed by atoms with van der Waals surface area (Å²) >= 11 is 6.49. The van der Waals surface area contributed by atoms with E-state index in [9.17, 15) is 14.7 Å². The lowest BCUT2D eigenvalue weighted by Crippen LogP contribution is -2.45. The van der Waals surface area contributed by atoms with Crippen molar-refractivity contribution in [3.8, 4) is 0 Å². The normalized spacial score (nSPS) is 12.1. The molecule has 0 saturated heterocycles. The van der Waals surface area contributed by atoms with Gasteiger partial charge in [-0.3, -0.25) is 4.90 Å². The first-order valence-corrected chi connectivity index (χ1v) is 9.96. The first-order valence-electron chi connectivity index (χ1n) is 9.58. The Morgan fingerprint density at radius 1 is 1.21 bits per heavy atom. The molecular weight excluding hydrogens is 394 g/mol. The van der Waals surface area contributed by atoms with Gasteiger partial charge in [-0.15, -0.1) is 0 Å². The third kappa shape index (κ3) is 5.79. The van der Waals surface area contributed by atoms with E-state index in [-0.39, 0.29) is 0 Å². The van der Waals surface area contributed by atoms with Crippen LogP contribution in [0.15, 0.2) is 24.4 Å². The summed E-state index contributed by atoms with van der Waals surface area (Å²) in [5, 5.41) is 13.7. The number of fused-ring (bicyclic) bond motifs is 1. The highest BCUT2D eigenvalue weighted by molar-refractivity contribution is 6.37. The SMILES string of the molecule is CC(C)(C)OC(=O)NCCCn1cc(Cl)c2c(N(C(=O)O)C(C)(C)C)cccc21. The number of halogens is 1. The third-order valence-corrected chi connectivity index (χ3v) is 4.47. The molecule has 0 bridgehead atoms. The Bertz CT molecular complexity index is 894. The largest absolute Gasteiger partial charge is 0.465 e. The molecule has 29 heavy (non-hydrogen) atoms. The summed E-state index contributed by atoms with van der Waals surface area (Å²) < 4.78 is 7.19. The van der Waals surface area contributed by atoms with Gasteiger partial charge in [-0.1, -0.05) is 17.7 Å². The van der Waals surface area contributed by atoms with Crippen LogP contribution in [0.1, 0.15) is 48.0 Å². The van der Waals surface area contributed by atoms with E-state index in [0.29, 0.717) is 35.6 Å². The van der Waals surface area contributed by atoms with Crippen molar-refractivity contribution in [2.24, 2.45) is 0 Å². The van der Waals surface area contributed by atoms with E-state index >= 15 is 0 Å². The standard InChI is InChI=1S/C21H30ClN3O4/c1-20(2,3)25(19(27)28)16-10-7-9-15-17(16)14(22)13-24(15)12-8-11-23-18(26)29-21(4,5)6/h7,9-10,13H,8,11-12H2,1-6H3,(H,23,26)(H,27,28). The summed E-state index contributed by atoms with van der Waals surface area (Å²) in [5.74, 6) is 0. The predicted octanol–water partition coefficient (Wildman–Crippen LogP) is 5.49. The lowest BCUT2D eigenvalue weighted by atomic mass is 10.0. The topological polar surface area (TPSA) is 83.8 Å². The zero-order valence-electron chi connectivity index (χ0n) is 17.9. The smallest absolute Gasteiger partial charge is 0.412 e. The summed E-state index contributed by atoms with van der Waals surface area (Å²) in [6.45, 7) is 12.0. The summed E-state index contributed by atoms with van der Waals surface area (Å²) in [6.07, 6.45) is 0.991. The van der Waals surface area contributed by atoms with Crippen molar-refractivity contribution in [1.29, 1.82) is 0 Å². The maximum atomic E-state index is 11.9. The minimum Gasteiger partial charge on any atom is -0.465 e. The van der Waals surface area contributed by atoms with Crippen LogP contribution in [-0.2, 0) is 11.3 Å². The second kappa shape index (κ2) is 8.53. The zero-order valence-corrected chi connectivity index (χ0v) is 18.6. The second-order valence-electron chi connectivity index (χ2n) is 8.91. The predicted molar refractivity (Wildman–Crippen MR) is 116 cm³/mol. The van der Waals surface area contributed by atoms with Gasteiger partial charge in [0, 0.05) is 30.2 Å². The molecule has 8 heteroatoms. The molecule has 0 unspecified atom stereocenters. The number of rotatable bonds is 5. The highest BCUT2D eigenvalue weighted by Crippen LogP contribution is 2.37. The number of hydrogen-bond donors (Lipinski definition) is 2. The summed E-state index contributed by atoms with van der Waals surface area (Å²) in [6, 6.07) is 5.50. The molecule has 0 spiro atoms. The lowest BCUT2D eigenvalue weighted by molar-refractivity contribution is 0.0526. The van der Waals surface area contributed by atoms with Crippen LogP contribution >= 0.6 is 11.6 Å². The van der Waals surface area contributed by atoms with Crippen LogP contribution in [0.3, 0.4) is 0 Å². The molecule has 0 aliphatic rings. The first kappa shape index (κ1) is 22.9. The van der Waals surface area contributed by atoms with Crippen LogP contribution in [0, 0.1) is 0 Å². The monoisotopic (exact) mass is 423 g/mol. The van der Waals surface area contributed by atoms with Crippen molar-refractivity contribution in [1.82, 2.24) is 9.88 Å². The van der Waals surface area contributed by atoms with Crippen LogP contribution in [-0.4, -0.2) is 39.5 Å². The average Bonchev–Trinajstić information content (AvgIpc) is 2.85.